The predicted molar refractivity (Wildman–Crippen MR) is 107 cm³/mol. The van der Waals surface area contributed by atoms with E-state index >= 15 is 0 Å². The average molecular weight is 380 g/mol. The SMILES string of the molecule is Fc1cc2c(c(-c3cccnc3)c1Cl)C[C@]1(c3ccccc3)CNCCN21. The monoisotopic (exact) mass is 379 g/mol. The third kappa shape index (κ3) is 2.47. The molecule has 2 aromatic carbocycles. The zero-order valence-electron chi connectivity index (χ0n) is 14.8. The van der Waals surface area contributed by atoms with Crippen molar-refractivity contribution >= 4 is 17.3 Å². The van der Waals surface area contributed by atoms with E-state index in [0.717, 1.165) is 48.4 Å². The molecule has 0 radical (unpaired) electrons. The highest BCUT2D eigenvalue weighted by molar-refractivity contribution is 6.34. The minimum atomic E-state index is -0.378. The number of nitrogens with zero attached hydrogens (tertiary/aromatic N) is 2. The second-order valence-electron chi connectivity index (χ2n) is 7.19. The Labute approximate surface area is 162 Å². The lowest BCUT2D eigenvalue weighted by Crippen LogP contribution is -2.57. The lowest BCUT2D eigenvalue weighted by atomic mass is 9.83. The number of aromatic nitrogens is 1. The Morgan fingerprint density at radius 1 is 1.15 bits per heavy atom. The van der Waals surface area contributed by atoms with Crippen molar-refractivity contribution in [2.24, 2.45) is 0 Å². The van der Waals surface area contributed by atoms with Crippen LogP contribution in [-0.2, 0) is 12.0 Å². The summed E-state index contributed by atoms with van der Waals surface area (Å²) < 4.78 is 14.8. The van der Waals surface area contributed by atoms with Gasteiger partial charge in [-0.15, -0.1) is 0 Å². The molecule has 1 fully saturated rings. The Morgan fingerprint density at radius 3 is 2.78 bits per heavy atom. The minimum Gasteiger partial charge on any atom is -0.359 e. The molecular formula is C22H19ClFN3. The van der Waals surface area contributed by atoms with Crippen LogP contribution in [0.1, 0.15) is 11.1 Å². The summed E-state index contributed by atoms with van der Waals surface area (Å²) in [4.78, 5) is 6.57. The summed E-state index contributed by atoms with van der Waals surface area (Å²) in [6.45, 7) is 2.52. The van der Waals surface area contributed by atoms with Crippen molar-refractivity contribution in [3.05, 3.63) is 82.9 Å². The molecule has 2 aliphatic rings. The molecule has 1 saturated heterocycles. The van der Waals surface area contributed by atoms with Gasteiger partial charge in [0.2, 0.25) is 0 Å². The fourth-order valence-electron chi connectivity index (χ4n) is 4.59. The van der Waals surface area contributed by atoms with E-state index in [-0.39, 0.29) is 16.4 Å². The Hall–Kier alpha value is -2.43. The van der Waals surface area contributed by atoms with Gasteiger partial charge in [-0.3, -0.25) is 4.98 Å². The summed E-state index contributed by atoms with van der Waals surface area (Å²) in [6, 6.07) is 15.9. The normalized spacial score (nSPS) is 21.0. The molecule has 3 aromatic rings. The van der Waals surface area contributed by atoms with E-state index in [1.54, 1.807) is 18.5 Å². The Balaban J connectivity index is 1.75. The van der Waals surface area contributed by atoms with Gasteiger partial charge in [0, 0.05) is 55.3 Å². The first-order chi connectivity index (χ1) is 13.2. The Morgan fingerprint density at radius 2 is 2.00 bits per heavy atom. The zero-order valence-corrected chi connectivity index (χ0v) is 15.5. The lowest BCUT2D eigenvalue weighted by molar-refractivity contribution is 0.350. The van der Waals surface area contributed by atoms with E-state index < -0.39 is 0 Å². The van der Waals surface area contributed by atoms with E-state index in [2.05, 4.69) is 39.5 Å². The van der Waals surface area contributed by atoms with Crippen LogP contribution in [0.5, 0.6) is 0 Å². The number of fused-ring (bicyclic) bond motifs is 3. The highest BCUT2D eigenvalue weighted by atomic mass is 35.5. The molecule has 5 rings (SSSR count). The van der Waals surface area contributed by atoms with Crippen LogP contribution in [0.15, 0.2) is 60.9 Å². The molecule has 3 heterocycles. The van der Waals surface area contributed by atoms with Crippen molar-refractivity contribution < 1.29 is 4.39 Å². The van der Waals surface area contributed by atoms with E-state index in [4.69, 9.17) is 11.6 Å². The summed E-state index contributed by atoms with van der Waals surface area (Å²) in [6.07, 6.45) is 4.25. The Kier molecular flexibility index (Phi) is 3.92. The summed E-state index contributed by atoms with van der Waals surface area (Å²) in [5, 5.41) is 3.72. The van der Waals surface area contributed by atoms with Gasteiger partial charge in [0.15, 0.2) is 0 Å². The van der Waals surface area contributed by atoms with Crippen LogP contribution < -0.4 is 10.2 Å². The molecule has 5 heteroatoms. The van der Waals surface area contributed by atoms with Crippen molar-refractivity contribution in [2.75, 3.05) is 24.5 Å². The second-order valence-corrected chi connectivity index (χ2v) is 7.57. The van der Waals surface area contributed by atoms with E-state index in [0.29, 0.717) is 0 Å². The van der Waals surface area contributed by atoms with Crippen LogP contribution in [0.3, 0.4) is 0 Å². The first kappa shape index (κ1) is 16.7. The number of pyridine rings is 1. The fraction of sp³-hybridized carbons (Fsp3) is 0.227. The van der Waals surface area contributed by atoms with E-state index in [1.165, 1.54) is 5.56 Å². The van der Waals surface area contributed by atoms with Crippen molar-refractivity contribution in [1.29, 1.82) is 0 Å². The van der Waals surface area contributed by atoms with Gasteiger partial charge in [-0.05, 0) is 23.3 Å². The van der Waals surface area contributed by atoms with Crippen LogP contribution in [0.2, 0.25) is 5.02 Å². The highest BCUT2D eigenvalue weighted by Crippen LogP contribution is 2.51. The molecule has 136 valence electrons. The van der Waals surface area contributed by atoms with Crippen molar-refractivity contribution in [2.45, 2.75) is 12.0 Å². The molecule has 0 saturated carbocycles. The van der Waals surface area contributed by atoms with Crippen LogP contribution in [-0.4, -0.2) is 24.6 Å². The van der Waals surface area contributed by atoms with Crippen molar-refractivity contribution in [3.8, 4) is 11.1 Å². The summed E-state index contributed by atoms with van der Waals surface area (Å²) in [5.41, 5.74) is 4.68. The number of halogens is 2. The smallest absolute Gasteiger partial charge is 0.144 e. The first-order valence-electron chi connectivity index (χ1n) is 9.16. The van der Waals surface area contributed by atoms with Crippen molar-refractivity contribution in [1.82, 2.24) is 10.3 Å². The lowest BCUT2D eigenvalue weighted by Gasteiger charge is -2.45. The number of nitrogens with one attached hydrogen (secondary N) is 1. The average Bonchev–Trinajstić information content (AvgIpc) is 3.05. The van der Waals surface area contributed by atoms with Gasteiger partial charge in [-0.1, -0.05) is 48.0 Å². The van der Waals surface area contributed by atoms with Gasteiger partial charge < -0.3 is 10.2 Å². The van der Waals surface area contributed by atoms with E-state index in [9.17, 15) is 4.39 Å². The van der Waals surface area contributed by atoms with Crippen LogP contribution in [0.25, 0.3) is 11.1 Å². The number of piperazine rings is 1. The third-order valence-electron chi connectivity index (χ3n) is 5.77. The maximum Gasteiger partial charge on any atom is 0.144 e. The Bertz CT molecular complexity index is 993. The van der Waals surface area contributed by atoms with Gasteiger partial charge in [0.25, 0.3) is 0 Å². The molecule has 1 N–H and O–H groups in total. The highest BCUT2D eigenvalue weighted by Gasteiger charge is 2.48. The van der Waals surface area contributed by atoms with Gasteiger partial charge in [-0.2, -0.15) is 0 Å². The molecule has 0 aliphatic carbocycles. The molecule has 0 amide bonds. The van der Waals surface area contributed by atoms with Gasteiger partial charge >= 0.3 is 0 Å². The van der Waals surface area contributed by atoms with E-state index in [1.807, 2.05) is 18.2 Å². The number of hydrogen-bond acceptors (Lipinski definition) is 3. The van der Waals surface area contributed by atoms with Gasteiger partial charge in [0.05, 0.1) is 10.6 Å². The zero-order chi connectivity index (χ0) is 18.4. The second kappa shape index (κ2) is 6.32. The molecule has 0 bridgehead atoms. The quantitative estimate of drug-likeness (QED) is 0.715. The molecule has 0 spiro atoms. The summed E-state index contributed by atoms with van der Waals surface area (Å²) in [5.74, 6) is -0.378. The number of anilines is 1. The van der Waals surface area contributed by atoms with Crippen molar-refractivity contribution in [3.63, 3.8) is 0 Å². The molecule has 2 aliphatic heterocycles. The van der Waals surface area contributed by atoms with Crippen LogP contribution >= 0.6 is 11.6 Å². The maximum absolute atomic E-state index is 14.8. The van der Waals surface area contributed by atoms with Crippen LogP contribution in [0, 0.1) is 5.82 Å². The molecule has 1 atom stereocenters. The maximum atomic E-state index is 14.8. The van der Waals surface area contributed by atoms with Gasteiger partial charge in [-0.25, -0.2) is 4.39 Å². The largest absolute Gasteiger partial charge is 0.359 e. The molecule has 3 nitrogen and oxygen atoms in total. The number of hydrogen-bond donors (Lipinski definition) is 1. The molecule has 1 aromatic heterocycles. The molecular weight excluding hydrogens is 361 g/mol. The first-order valence-corrected chi connectivity index (χ1v) is 9.54. The fourth-order valence-corrected chi connectivity index (χ4v) is 4.86. The standard InChI is InChI=1S/C22H19ClFN3/c23-21-18(24)11-19-17(20(21)15-5-4-8-25-13-15)12-22(14-26-9-10-27(19)22)16-6-2-1-3-7-16/h1-8,11,13,26H,9-10,12,14H2/t22-/m1/s1. The minimum absolute atomic E-state index is 0.178. The third-order valence-corrected chi connectivity index (χ3v) is 6.14. The van der Waals surface area contributed by atoms with Crippen LogP contribution in [0.4, 0.5) is 10.1 Å². The number of rotatable bonds is 2. The number of benzene rings is 2. The molecule has 27 heavy (non-hydrogen) atoms. The van der Waals surface area contributed by atoms with Gasteiger partial charge in [0.1, 0.15) is 5.82 Å². The topological polar surface area (TPSA) is 28.2 Å². The summed E-state index contributed by atoms with van der Waals surface area (Å²) >= 11 is 6.46. The predicted octanol–water partition coefficient (Wildman–Crippen LogP) is 4.40. The summed E-state index contributed by atoms with van der Waals surface area (Å²) in [7, 11) is 0. The molecule has 0 unspecified atom stereocenters.